The molecular weight excluding hydrogens is 298 g/mol. The van der Waals surface area contributed by atoms with E-state index >= 15 is 0 Å². The van der Waals surface area contributed by atoms with Crippen molar-refractivity contribution in [2.24, 2.45) is 7.05 Å². The number of likely N-dealkylation sites (N-methyl/N-ethyl adjacent to an activating group) is 1. The van der Waals surface area contributed by atoms with Crippen molar-refractivity contribution in [3.8, 4) is 11.3 Å². The highest BCUT2D eigenvalue weighted by atomic mass is 35.5. The first-order valence-corrected chi connectivity index (χ1v) is 7.59. The van der Waals surface area contributed by atoms with Gasteiger partial charge in [-0.3, -0.25) is 14.6 Å². The van der Waals surface area contributed by atoms with Gasteiger partial charge in [0.2, 0.25) is 0 Å². The van der Waals surface area contributed by atoms with Crippen LogP contribution in [0.3, 0.4) is 0 Å². The van der Waals surface area contributed by atoms with Gasteiger partial charge >= 0.3 is 0 Å². The molecule has 5 nitrogen and oxygen atoms in total. The molecule has 6 heteroatoms. The Morgan fingerprint density at radius 1 is 1.32 bits per heavy atom. The van der Waals surface area contributed by atoms with Gasteiger partial charge < -0.3 is 5.32 Å². The van der Waals surface area contributed by atoms with E-state index in [1.807, 2.05) is 36.3 Å². The van der Waals surface area contributed by atoms with Crippen molar-refractivity contribution in [3.63, 3.8) is 0 Å². The molecule has 3 rings (SSSR count). The summed E-state index contributed by atoms with van der Waals surface area (Å²) in [6.07, 6.45) is 8.32. The van der Waals surface area contributed by atoms with Crippen LogP contribution < -0.4 is 5.32 Å². The van der Waals surface area contributed by atoms with E-state index in [9.17, 15) is 0 Å². The molecule has 0 radical (unpaired) electrons. The molecule has 1 atom stereocenters. The zero-order valence-corrected chi connectivity index (χ0v) is 14.0. The lowest BCUT2D eigenvalue weighted by Gasteiger charge is -2.32. The maximum absolute atomic E-state index is 4.63. The molecule has 0 saturated carbocycles. The fourth-order valence-electron chi connectivity index (χ4n) is 3.08. The first-order valence-electron chi connectivity index (χ1n) is 7.59. The number of likely N-dealkylation sites (tertiary alicyclic amines) is 1. The highest BCUT2D eigenvalue weighted by Crippen LogP contribution is 2.23. The van der Waals surface area contributed by atoms with Crippen molar-refractivity contribution >= 4 is 12.4 Å². The van der Waals surface area contributed by atoms with Gasteiger partial charge in [0.25, 0.3) is 0 Å². The smallest absolute Gasteiger partial charge is 0.0969 e. The number of aryl methyl sites for hydroxylation is 1. The Hall–Kier alpha value is -1.43. The van der Waals surface area contributed by atoms with E-state index in [0.717, 1.165) is 24.3 Å². The molecule has 0 bridgehead atoms. The van der Waals surface area contributed by atoms with Crippen molar-refractivity contribution in [3.05, 3.63) is 36.3 Å². The lowest BCUT2D eigenvalue weighted by Crippen LogP contribution is -2.43. The fraction of sp³-hybridized carbons (Fsp3) is 0.500. The van der Waals surface area contributed by atoms with Crippen LogP contribution in [-0.4, -0.2) is 45.8 Å². The van der Waals surface area contributed by atoms with Crippen LogP contribution in [0.1, 0.15) is 18.4 Å². The summed E-state index contributed by atoms with van der Waals surface area (Å²) in [6.45, 7) is 3.24. The van der Waals surface area contributed by atoms with Crippen LogP contribution in [0.4, 0.5) is 0 Å². The van der Waals surface area contributed by atoms with Gasteiger partial charge in [0.05, 0.1) is 5.69 Å². The number of aromatic nitrogens is 3. The molecule has 2 aromatic rings. The molecule has 1 aliphatic rings. The van der Waals surface area contributed by atoms with Gasteiger partial charge in [0, 0.05) is 55.9 Å². The summed E-state index contributed by atoms with van der Waals surface area (Å²) in [7, 11) is 4.04. The van der Waals surface area contributed by atoms with Crippen LogP contribution in [-0.2, 0) is 13.6 Å². The summed E-state index contributed by atoms with van der Waals surface area (Å²) in [5.74, 6) is 0. The summed E-state index contributed by atoms with van der Waals surface area (Å²) in [5.41, 5.74) is 3.51. The van der Waals surface area contributed by atoms with E-state index in [2.05, 4.69) is 33.5 Å². The van der Waals surface area contributed by atoms with Crippen molar-refractivity contribution < 1.29 is 0 Å². The summed E-state index contributed by atoms with van der Waals surface area (Å²) in [4.78, 5) is 6.61. The van der Waals surface area contributed by atoms with Crippen molar-refractivity contribution in [1.29, 1.82) is 0 Å². The molecule has 1 aliphatic heterocycles. The fourth-order valence-corrected chi connectivity index (χ4v) is 3.08. The van der Waals surface area contributed by atoms with Gasteiger partial charge in [-0.05, 0) is 38.6 Å². The van der Waals surface area contributed by atoms with Crippen LogP contribution in [0.25, 0.3) is 11.3 Å². The average Bonchev–Trinajstić information content (AvgIpc) is 2.89. The Morgan fingerprint density at radius 3 is 2.82 bits per heavy atom. The number of halogens is 1. The lowest BCUT2D eigenvalue weighted by molar-refractivity contribution is 0.188. The lowest BCUT2D eigenvalue weighted by atomic mass is 10.0. The number of rotatable bonds is 4. The summed E-state index contributed by atoms with van der Waals surface area (Å²) in [5, 5.41) is 8.03. The van der Waals surface area contributed by atoms with E-state index < -0.39 is 0 Å². The normalized spacial score (nSPS) is 18.9. The maximum atomic E-state index is 4.63. The van der Waals surface area contributed by atoms with Gasteiger partial charge in [-0.1, -0.05) is 0 Å². The molecule has 1 unspecified atom stereocenters. The number of nitrogens with one attached hydrogen (secondary N) is 1. The molecule has 0 spiro atoms. The number of pyridine rings is 1. The molecule has 0 amide bonds. The molecule has 1 N–H and O–H groups in total. The molecule has 2 aromatic heterocycles. The first-order chi connectivity index (χ1) is 10.3. The third-order valence-electron chi connectivity index (χ3n) is 4.17. The largest absolute Gasteiger partial charge is 0.316 e. The molecular formula is C16H24ClN5. The molecule has 0 aliphatic carbocycles. The Kier molecular flexibility index (Phi) is 5.94. The van der Waals surface area contributed by atoms with Gasteiger partial charge in [0.1, 0.15) is 0 Å². The topological polar surface area (TPSA) is 46.0 Å². The van der Waals surface area contributed by atoms with Gasteiger partial charge in [-0.25, -0.2) is 0 Å². The second-order valence-corrected chi connectivity index (χ2v) is 5.78. The zero-order valence-electron chi connectivity index (χ0n) is 13.2. The van der Waals surface area contributed by atoms with Crippen molar-refractivity contribution in [2.75, 3.05) is 20.1 Å². The Labute approximate surface area is 138 Å². The Balaban J connectivity index is 0.00000176. The van der Waals surface area contributed by atoms with Gasteiger partial charge in [-0.2, -0.15) is 5.10 Å². The maximum Gasteiger partial charge on any atom is 0.0969 e. The van der Waals surface area contributed by atoms with E-state index in [0.29, 0.717) is 6.04 Å². The second-order valence-electron chi connectivity index (χ2n) is 5.78. The number of piperidine rings is 1. The van der Waals surface area contributed by atoms with Gasteiger partial charge in [0.15, 0.2) is 0 Å². The molecule has 0 aromatic carbocycles. The predicted molar refractivity (Wildman–Crippen MR) is 91.0 cm³/mol. The minimum absolute atomic E-state index is 0. The quantitative estimate of drug-likeness (QED) is 0.936. The molecule has 1 fully saturated rings. The minimum atomic E-state index is 0. The number of hydrogen-bond donors (Lipinski definition) is 1. The van der Waals surface area contributed by atoms with Crippen LogP contribution in [0, 0.1) is 0 Å². The van der Waals surface area contributed by atoms with Crippen molar-refractivity contribution in [1.82, 2.24) is 25.0 Å². The van der Waals surface area contributed by atoms with Crippen LogP contribution in [0.2, 0.25) is 0 Å². The summed E-state index contributed by atoms with van der Waals surface area (Å²) >= 11 is 0. The summed E-state index contributed by atoms with van der Waals surface area (Å²) in [6, 6.07) is 4.66. The van der Waals surface area contributed by atoms with E-state index in [1.54, 1.807) is 0 Å². The van der Waals surface area contributed by atoms with Crippen LogP contribution >= 0.6 is 12.4 Å². The standard InChI is InChI=1S/C16H23N5.ClH/c1-17-15-4-3-9-21(12-15)11-14-10-20(2)19-16(14)13-5-7-18-8-6-13;/h5-8,10,15,17H,3-4,9,11-12H2,1-2H3;1H. The predicted octanol–water partition coefficient (Wildman–Crippen LogP) is 2.09. The van der Waals surface area contributed by atoms with E-state index in [-0.39, 0.29) is 12.4 Å². The highest BCUT2D eigenvalue weighted by Gasteiger charge is 2.20. The Morgan fingerprint density at radius 2 is 2.09 bits per heavy atom. The monoisotopic (exact) mass is 321 g/mol. The number of nitrogens with zero attached hydrogens (tertiary/aromatic N) is 4. The molecule has 1 saturated heterocycles. The van der Waals surface area contributed by atoms with Crippen molar-refractivity contribution in [2.45, 2.75) is 25.4 Å². The molecule has 3 heterocycles. The third kappa shape index (κ3) is 3.85. The average molecular weight is 322 g/mol. The first kappa shape index (κ1) is 16.9. The molecule has 120 valence electrons. The zero-order chi connectivity index (χ0) is 14.7. The van der Waals surface area contributed by atoms with Crippen LogP contribution in [0.15, 0.2) is 30.7 Å². The van der Waals surface area contributed by atoms with E-state index in [4.69, 9.17) is 0 Å². The van der Waals surface area contributed by atoms with E-state index in [1.165, 1.54) is 24.9 Å². The number of hydrogen-bond acceptors (Lipinski definition) is 4. The minimum Gasteiger partial charge on any atom is -0.316 e. The third-order valence-corrected chi connectivity index (χ3v) is 4.17. The highest BCUT2D eigenvalue weighted by molar-refractivity contribution is 5.85. The SMILES string of the molecule is CNC1CCCN(Cc2cn(C)nc2-c2ccncc2)C1.Cl. The summed E-state index contributed by atoms with van der Waals surface area (Å²) < 4.78 is 1.91. The second kappa shape index (κ2) is 7.72. The van der Waals surface area contributed by atoms with Gasteiger partial charge in [-0.15, -0.1) is 12.4 Å². The van der Waals surface area contributed by atoms with Crippen LogP contribution in [0.5, 0.6) is 0 Å². The Bertz CT molecular complexity index is 583. The molecule has 22 heavy (non-hydrogen) atoms.